The summed E-state index contributed by atoms with van der Waals surface area (Å²) in [6.07, 6.45) is 4.90. The van der Waals surface area contributed by atoms with E-state index in [9.17, 15) is 14.7 Å². The highest BCUT2D eigenvalue weighted by Gasteiger charge is 2.51. The molecule has 1 saturated carbocycles. The largest absolute Gasteiger partial charge is 0.375 e. The van der Waals surface area contributed by atoms with E-state index in [1.165, 1.54) is 6.42 Å². The number of hydrogen-bond acceptors (Lipinski definition) is 3. The maximum Gasteiger partial charge on any atom is 0.264 e. The number of amides is 1. The summed E-state index contributed by atoms with van der Waals surface area (Å²) in [7, 11) is 0. The fraction of sp³-hybridized carbons (Fsp3) is 0.391. The summed E-state index contributed by atoms with van der Waals surface area (Å²) in [5.74, 6) is -0.399. The van der Waals surface area contributed by atoms with Crippen LogP contribution in [0.2, 0.25) is 0 Å². The minimum absolute atomic E-state index is 0.0157. The first-order valence-electron chi connectivity index (χ1n) is 9.80. The molecule has 0 radical (unpaired) electrons. The van der Waals surface area contributed by atoms with E-state index in [1.807, 2.05) is 48.5 Å². The Bertz CT molecular complexity index is 842. The average molecular weight is 363 g/mol. The molecule has 0 saturated heterocycles. The Labute approximate surface area is 159 Å². The molecule has 4 nitrogen and oxygen atoms in total. The summed E-state index contributed by atoms with van der Waals surface area (Å²) in [4.78, 5) is 27.7. The van der Waals surface area contributed by atoms with E-state index >= 15 is 0 Å². The van der Waals surface area contributed by atoms with Gasteiger partial charge in [0.15, 0.2) is 5.60 Å². The van der Waals surface area contributed by atoms with Crippen LogP contribution in [-0.2, 0) is 21.7 Å². The minimum Gasteiger partial charge on any atom is -0.375 e. The zero-order valence-corrected chi connectivity index (χ0v) is 15.4. The number of anilines is 1. The molecule has 1 fully saturated rings. The summed E-state index contributed by atoms with van der Waals surface area (Å²) >= 11 is 0. The van der Waals surface area contributed by atoms with Gasteiger partial charge in [-0.2, -0.15) is 0 Å². The Morgan fingerprint density at radius 2 is 1.67 bits per heavy atom. The molecule has 0 aromatic heterocycles. The molecule has 1 atom stereocenters. The third kappa shape index (κ3) is 3.30. The molecule has 0 spiro atoms. The number of nitrogens with zero attached hydrogens (tertiary/aromatic N) is 1. The van der Waals surface area contributed by atoms with Gasteiger partial charge in [-0.05, 0) is 24.5 Å². The molecule has 1 aliphatic heterocycles. The number of ketones is 1. The lowest BCUT2D eigenvalue weighted by Gasteiger charge is -2.26. The number of carbonyl (C=O) groups is 2. The summed E-state index contributed by atoms with van der Waals surface area (Å²) in [6.45, 7) is 0.386. The van der Waals surface area contributed by atoms with Gasteiger partial charge in [-0.25, -0.2) is 0 Å². The van der Waals surface area contributed by atoms with Gasteiger partial charge in [0.05, 0.1) is 12.2 Å². The van der Waals surface area contributed by atoms with Gasteiger partial charge < -0.3 is 10.0 Å². The topological polar surface area (TPSA) is 57.6 Å². The first kappa shape index (κ1) is 17.9. The van der Waals surface area contributed by atoms with Crippen LogP contribution >= 0.6 is 0 Å². The van der Waals surface area contributed by atoms with Crippen LogP contribution in [0.5, 0.6) is 0 Å². The van der Waals surface area contributed by atoms with Crippen LogP contribution in [0.15, 0.2) is 54.6 Å². The monoisotopic (exact) mass is 363 g/mol. The van der Waals surface area contributed by atoms with Crippen LogP contribution in [0.25, 0.3) is 0 Å². The Morgan fingerprint density at radius 3 is 2.41 bits per heavy atom. The van der Waals surface area contributed by atoms with Crippen molar-refractivity contribution in [3.05, 3.63) is 65.7 Å². The second-order valence-electron chi connectivity index (χ2n) is 7.73. The maximum absolute atomic E-state index is 13.2. The molecule has 2 aromatic carbocycles. The van der Waals surface area contributed by atoms with Gasteiger partial charge >= 0.3 is 0 Å². The lowest BCUT2D eigenvalue weighted by atomic mass is 9.80. The summed E-state index contributed by atoms with van der Waals surface area (Å²) in [5, 5.41) is 11.3. The van der Waals surface area contributed by atoms with E-state index in [-0.39, 0.29) is 18.1 Å². The smallest absolute Gasteiger partial charge is 0.264 e. The average Bonchev–Trinajstić information content (AvgIpc) is 2.92. The number of benzene rings is 2. The number of carbonyl (C=O) groups excluding carboxylic acids is 2. The molecule has 4 rings (SSSR count). The van der Waals surface area contributed by atoms with Crippen molar-refractivity contribution in [3.63, 3.8) is 0 Å². The molecule has 0 unspecified atom stereocenters. The van der Waals surface area contributed by atoms with Crippen LogP contribution in [0.3, 0.4) is 0 Å². The molecule has 2 aliphatic rings. The normalized spacial score (nSPS) is 22.7. The third-order valence-corrected chi connectivity index (χ3v) is 5.91. The number of Topliss-reactive ketones (excluding diaryl/α,β-unsaturated/α-hetero) is 1. The first-order valence-corrected chi connectivity index (χ1v) is 9.80. The summed E-state index contributed by atoms with van der Waals surface area (Å²) in [5.41, 5.74) is 0.490. The van der Waals surface area contributed by atoms with Crippen LogP contribution < -0.4 is 4.90 Å². The van der Waals surface area contributed by atoms with Gasteiger partial charge in [0.25, 0.3) is 5.91 Å². The van der Waals surface area contributed by atoms with Gasteiger partial charge in [-0.1, -0.05) is 67.8 Å². The predicted molar refractivity (Wildman–Crippen MR) is 104 cm³/mol. The van der Waals surface area contributed by atoms with E-state index in [0.29, 0.717) is 17.8 Å². The first-order chi connectivity index (χ1) is 13.1. The number of aliphatic hydroxyl groups is 1. The van der Waals surface area contributed by atoms with E-state index in [0.717, 1.165) is 31.2 Å². The number of fused-ring (bicyclic) bond motifs is 1. The fourth-order valence-corrected chi connectivity index (χ4v) is 4.42. The molecule has 1 aliphatic carbocycles. The Hall–Kier alpha value is -2.46. The molecule has 1 heterocycles. The minimum atomic E-state index is -1.75. The molecule has 1 N–H and O–H groups in total. The van der Waals surface area contributed by atoms with Crippen LogP contribution in [0.1, 0.15) is 49.7 Å². The zero-order chi connectivity index (χ0) is 18.9. The van der Waals surface area contributed by atoms with E-state index in [2.05, 4.69) is 0 Å². The number of rotatable bonds is 5. The van der Waals surface area contributed by atoms with Crippen molar-refractivity contribution in [2.75, 3.05) is 4.90 Å². The summed E-state index contributed by atoms with van der Waals surface area (Å²) in [6, 6.07) is 17.0. The lowest BCUT2D eigenvalue weighted by Crippen LogP contribution is -2.42. The van der Waals surface area contributed by atoms with E-state index in [4.69, 9.17) is 0 Å². The van der Waals surface area contributed by atoms with E-state index in [1.54, 1.807) is 11.0 Å². The highest BCUT2D eigenvalue weighted by molar-refractivity contribution is 6.09. The van der Waals surface area contributed by atoms with Gasteiger partial charge in [-0.15, -0.1) is 0 Å². The maximum atomic E-state index is 13.2. The molecule has 1 amide bonds. The van der Waals surface area contributed by atoms with Gasteiger partial charge in [0, 0.05) is 17.9 Å². The third-order valence-electron chi connectivity index (χ3n) is 5.91. The molecular weight excluding hydrogens is 338 g/mol. The molecular formula is C23H25NO3. The molecule has 27 heavy (non-hydrogen) atoms. The molecule has 4 heteroatoms. The van der Waals surface area contributed by atoms with Crippen molar-refractivity contribution in [3.8, 4) is 0 Å². The van der Waals surface area contributed by atoms with Crippen molar-refractivity contribution in [1.82, 2.24) is 0 Å². The Morgan fingerprint density at radius 1 is 1.00 bits per heavy atom. The SMILES string of the molecule is O=C(C[C@@]1(O)C(=O)N(Cc2ccccc2)c2ccccc21)C1CCCCC1. The van der Waals surface area contributed by atoms with Crippen molar-refractivity contribution >= 4 is 17.4 Å². The predicted octanol–water partition coefficient (Wildman–Crippen LogP) is 3.96. The number of para-hydroxylation sites is 1. The quantitative estimate of drug-likeness (QED) is 0.875. The van der Waals surface area contributed by atoms with Crippen molar-refractivity contribution < 1.29 is 14.7 Å². The van der Waals surface area contributed by atoms with Crippen molar-refractivity contribution in [1.29, 1.82) is 0 Å². The zero-order valence-electron chi connectivity index (χ0n) is 15.4. The second-order valence-corrected chi connectivity index (χ2v) is 7.73. The van der Waals surface area contributed by atoms with Crippen molar-refractivity contribution in [2.24, 2.45) is 5.92 Å². The molecule has 140 valence electrons. The Kier molecular flexibility index (Phi) is 4.83. The standard InChI is InChI=1S/C23H25NO3/c25-21(18-11-5-2-6-12-18)15-23(27)19-13-7-8-14-20(19)24(22(23)26)16-17-9-3-1-4-10-17/h1,3-4,7-10,13-14,18,27H,2,5-6,11-12,15-16H2/t23-/m0/s1. The highest BCUT2D eigenvalue weighted by Crippen LogP contribution is 2.44. The molecule has 2 aromatic rings. The van der Waals surface area contributed by atoms with E-state index < -0.39 is 11.5 Å². The van der Waals surface area contributed by atoms with Gasteiger partial charge in [-0.3, -0.25) is 9.59 Å². The van der Waals surface area contributed by atoms with Gasteiger partial charge in [0.1, 0.15) is 5.78 Å². The Balaban J connectivity index is 1.62. The fourth-order valence-electron chi connectivity index (χ4n) is 4.42. The van der Waals surface area contributed by atoms with Gasteiger partial charge in [0.2, 0.25) is 0 Å². The van der Waals surface area contributed by atoms with Crippen LogP contribution in [0, 0.1) is 5.92 Å². The highest BCUT2D eigenvalue weighted by atomic mass is 16.3. The second kappa shape index (κ2) is 7.28. The molecule has 0 bridgehead atoms. The summed E-state index contributed by atoms with van der Waals surface area (Å²) < 4.78 is 0. The lowest BCUT2D eigenvalue weighted by molar-refractivity contribution is -0.143. The van der Waals surface area contributed by atoms with Crippen LogP contribution in [-0.4, -0.2) is 16.8 Å². The van der Waals surface area contributed by atoms with Crippen LogP contribution in [0.4, 0.5) is 5.69 Å². The number of hydrogen-bond donors (Lipinski definition) is 1. The van der Waals surface area contributed by atoms with Crippen molar-refractivity contribution in [2.45, 2.75) is 50.7 Å².